The van der Waals surface area contributed by atoms with Crippen LogP contribution in [0.2, 0.25) is 0 Å². The van der Waals surface area contributed by atoms with Crippen LogP contribution in [-0.2, 0) is 36.9 Å². The highest BCUT2D eigenvalue weighted by atomic mass is 32.2. The van der Waals surface area contributed by atoms with Crippen LogP contribution in [0, 0.1) is 11.6 Å². The van der Waals surface area contributed by atoms with Crippen molar-refractivity contribution in [3.8, 4) is 0 Å². The molecule has 2 aromatic carbocycles. The summed E-state index contributed by atoms with van der Waals surface area (Å²) in [6, 6.07) is 4.45. The maximum Gasteiger partial charge on any atom is 0.428 e. The van der Waals surface area contributed by atoms with Crippen molar-refractivity contribution < 1.29 is 57.6 Å². The molecule has 16 heteroatoms. The van der Waals surface area contributed by atoms with Crippen molar-refractivity contribution in [3.63, 3.8) is 0 Å². The standard InChI is InChI=1S/C23H17F9N2O4S/c1-39(36,37)9-18(35)34-10-20(26,11-34)13-4-2-12(3-5-13)17-8-21(38-33-17,23(30,31)32)14-6-15(22(27,28)29)19(25)16(24)7-14/h2-8,33H,9-11H2,1H3. The topological polar surface area (TPSA) is 75.7 Å². The molecule has 4 rings (SSSR count). The second-order valence-electron chi connectivity index (χ2n) is 9.18. The molecular weight excluding hydrogens is 571 g/mol. The van der Waals surface area contributed by atoms with E-state index in [-0.39, 0.29) is 23.3 Å². The molecule has 2 aliphatic heterocycles. The van der Waals surface area contributed by atoms with Gasteiger partial charge in [0, 0.05) is 11.8 Å². The van der Waals surface area contributed by atoms with E-state index < -0.39 is 86.7 Å². The normalized spacial score (nSPS) is 21.3. The molecule has 0 radical (unpaired) electrons. The Bertz CT molecular complexity index is 1450. The molecule has 0 spiro atoms. The zero-order chi connectivity index (χ0) is 29.2. The van der Waals surface area contributed by atoms with E-state index in [0.717, 1.165) is 11.2 Å². The number of sulfone groups is 1. The van der Waals surface area contributed by atoms with Crippen LogP contribution < -0.4 is 5.48 Å². The number of rotatable bonds is 5. The third-order valence-electron chi connectivity index (χ3n) is 6.19. The molecule has 1 atom stereocenters. The number of likely N-dealkylation sites (tertiary alicyclic amines) is 1. The van der Waals surface area contributed by atoms with Gasteiger partial charge >= 0.3 is 12.4 Å². The van der Waals surface area contributed by atoms with Crippen LogP contribution in [-0.4, -0.2) is 50.5 Å². The highest BCUT2D eigenvalue weighted by molar-refractivity contribution is 7.91. The fourth-order valence-corrected chi connectivity index (χ4v) is 4.81. The lowest BCUT2D eigenvalue weighted by Gasteiger charge is -2.44. The van der Waals surface area contributed by atoms with Gasteiger partial charge in [0.1, 0.15) is 5.75 Å². The lowest BCUT2D eigenvalue weighted by atomic mass is 9.86. The summed E-state index contributed by atoms with van der Waals surface area (Å²) in [6.07, 6.45) is -9.76. The van der Waals surface area contributed by atoms with Gasteiger partial charge in [0.15, 0.2) is 27.1 Å². The first kappa shape index (κ1) is 28.7. The minimum atomic E-state index is -5.50. The molecule has 212 valence electrons. The molecule has 1 saturated heterocycles. The molecule has 2 aliphatic rings. The Morgan fingerprint density at radius 2 is 1.62 bits per heavy atom. The molecule has 1 N–H and O–H groups in total. The second-order valence-corrected chi connectivity index (χ2v) is 11.3. The number of amides is 1. The highest BCUT2D eigenvalue weighted by Gasteiger charge is 2.60. The number of halogens is 9. The van der Waals surface area contributed by atoms with Gasteiger partial charge in [0.2, 0.25) is 11.5 Å². The average Bonchev–Trinajstić information content (AvgIpc) is 3.24. The van der Waals surface area contributed by atoms with Crippen molar-refractivity contribution in [2.45, 2.75) is 23.6 Å². The van der Waals surface area contributed by atoms with Gasteiger partial charge in [-0.1, -0.05) is 24.3 Å². The predicted octanol–water partition coefficient (Wildman–Crippen LogP) is 4.37. The fourth-order valence-electron chi connectivity index (χ4n) is 4.18. The first-order valence-electron chi connectivity index (χ1n) is 10.8. The maximum absolute atomic E-state index is 15.2. The van der Waals surface area contributed by atoms with E-state index in [0.29, 0.717) is 6.08 Å². The van der Waals surface area contributed by atoms with E-state index in [1.807, 2.05) is 5.48 Å². The number of hydroxylamine groups is 1. The van der Waals surface area contributed by atoms with Crippen molar-refractivity contribution in [2.75, 3.05) is 25.1 Å². The Morgan fingerprint density at radius 3 is 2.13 bits per heavy atom. The Hall–Kier alpha value is -3.27. The molecule has 0 aliphatic carbocycles. The minimum absolute atomic E-state index is 0.0201. The van der Waals surface area contributed by atoms with E-state index >= 15 is 4.39 Å². The first-order valence-corrected chi connectivity index (χ1v) is 12.9. The van der Waals surface area contributed by atoms with E-state index in [9.17, 15) is 48.3 Å². The Labute approximate surface area is 214 Å². The van der Waals surface area contributed by atoms with E-state index in [1.54, 1.807) is 0 Å². The van der Waals surface area contributed by atoms with Crippen LogP contribution in [0.25, 0.3) is 5.70 Å². The number of carbonyl (C=O) groups is 1. The molecule has 2 aromatic rings. The molecule has 0 bridgehead atoms. The molecule has 39 heavy (non-hydrogen) atoms. The maximum atomic E-state index is 15.2. The Morgan fingerprint density at radius 1 is 1.03 bits per heavy atom. The van der Waals surface area contributed by atoms with Crippen LogP contribution in [0.3, 0.4) is 0 Å². The van der Waals surface area contributed by atoms with Gasteiger partial charge in [0.05, 0.1) is 24.4 Å². The molecule has 0 saturated carbocycles. The summed E-state index contributed by atoms with van der Waals surface area (Å²) in [5.74, 6) is -6.14. The van der Waals surface area contributed by atoms with E-state index in [4.69, 9.17) is 0 Å². The van der Waals surface area contributed by atoms with Gasteiger partial charge in [-0.2, -0.15) is 26.3 Å². The Kier molecular flexibility index (Phi) is 6.74. The highest BCUT2D eigenvalue weighted by Crippen LogP contribution is 2.49. The van der Waals surface area contributed by atoms with Gasteiger partial charge in [-0.3, -0.25) is 15.1 Å². The summed E-state index contributed by atoms with van der Waals surface area (Å²) in [5.41, 5.74) is -7.82. The second kappa shape index (κ2) is 9.15. The number of nitrogens with zero attached hydrogens (tertiary/aromatic N) is 1. The third kappa shape index (κ3) is 5.31. The number of nitrogens with one attached hydrogen (secondary N) is 1. The summed E-state index contributed by atoms with van der Waals surface area (Å²) < 4.78 is 147. The summed E-state index contributed by atoms with van der Waals surface area (Å²) in [7, 11) is -3.63. The van der Waals surface area contributed by atoms with E-state index in [1.165, 1.54) is 24.3 Å². The van der Waals surface area contributed by atoms with Crippen molar-refractivity contribution >= 4 is 21.4 Å². The smallest absolute Gasteiger partial charge is 0.335 e. The first-order chi connectivity index (χ1) is 17.8. The zero-order valence-corrected chi connectivity index (χ0v) is 20.4. The van der Waals surface area contributed by atoms with Crippen LogP contribution in [0.15, 0.2) is 42.5 Å². The van der Waals surface area contributed by atoms with Gasteiger partial charge in [-0.05, 0) is 29.3 Å². The molecule has 1 unspecified atom stereocenters. The molecule has 6 nitrogen and oxygen atoms in total. The monoisotopic (exact) mass is 588 g/mol. The number of hydrogen-bond acceptors (Lipinski definition) is 5. The number of alkyl halides is 7. The molecule has 1 amide bonds. The quantitative estimate of drug-likeness (QED) is 0.526. The van der Waals surface area contributed by atoms with Crippen molar-refractivity contribution in [2.24, 2.45) is 0 Å². The van der Waals surface area contributed by atoms with Crippen molar-refractivity contribution in [3.05, 3.63) is 76.4 Å². The Balaban J connectivity index is 1.62. The number of carbonyl (C=O) groups excluding carboxylic acids is 1. The van der Waals surface area contributed by atoms with Crippen molar-refractivity contribution in [1.82, 2.24) is 10.4 Å². The predicted molar refractivity (Wildman–Crippen MR) is 117 cm³/mol. The fraction of sp³-hybridized carbons (Fsp3) is 0.348. The van der Waals surface area contributed by atoms with Gasteiger partial charge in [-0.25, -0.2) is 21.6 Å². The molecule has 1 fully saturated rings. The summed E-state index contributed by atoms with van der Waals surface area (Å²) in [5, 5.41) is 0. The summed E-state index contributed by atoms with van der Waals surface area (Å²) in [6.45, 7) is -0.917. The lowest BCUT2D eigenvalue weighted by molar-refractivity contribution is -0.269. The minimum Gasteiger partial charge on any atom is -0.335 e. The van der Waals surface area contributed by atoms with Gasteiger partial charge in [-0.15, -0.1) is 0 Å². The summed E-state index contributed by atoms with van der Waals surface area (Å²) in [4.78, 5) is 17.5. The zero-order valence-electron chi connectivity index (χ0n) is 19.6. The van der Waals surface area contributed by atoms with E-state index in [2.05, 4.69) is 4.84 Å². The average molecular weight is 588 g/mol. The van der Waals surface area contributed by atoms with Crippen LogP contribution >= 0.6 is 0 Å². The summed E-state index contributed by atoms with van der Waals surface area (Å²) >= 11 is 0. The van der Waals surface area contributed by atoms with Gasteiger partial charge < -0.3 is 4.90 Å². The largest absolute Gasteiger partial charge is 0.428 e. The van der Waals surface area contributed by atoms with Gasteiger partial charge in [0.25, 0.3) is 0 Å². The van der Waals surface area contributed by atoms with Crippen LogP contribution in [0.1, 0.15) is 22.3 Å². The molecule has 0 aromatic heterocycles. The number of hydrogen-bond donors (Lipinski definition) is 1. The van der Waals surface area contributed by atoms with Crippen LogP contribution in [0.4, 0.5) is 39.5 Å². The third-order valence-corrected chi connectivity index (χ3v) is 6.96. The number of benzene rings is 2. The van der Waals surface area contributed by atoms with Crippen LogP contribution in [0.5, 0.6) is 0 Å². The van der Waals surface area contributed by atoms with Crippen molar-refractivity contribution in [1.29, 1.82) is 0 Å². The SMILES string of the molecule is CS(=O)(=O)CC(=O)N1CC(F)(c2ccc(C3=CC(c4cc(F)c(F)c(C(F)(F)F)c4)(C(F)(F)F)ON3)cc2)C1. The lowest BCUT2D eigenvalue weighted by Crippen LogP contribution is -2.59. The molecular formula is C23H17F9N2O4S. The molecule has 2 heterocycles.